The zero-order valence-corrected chi connectivity index (χ0v) is 11.2. The quantitative estimate of drug-likeness (QED) is 0.884. The number of methoxy groups -OCH3 is 1. The van der Waals surface area contributed by atoms with E-state index in [1.807, 2.05) is 7.05 Å². The first-order chi connectivity index (χ1) is 9.11. The van der Waals surface area contributed by atoms with Gasteiger partial charge in [0.1, 0.15) is 12.9 Å². The second-order valence-electron chi connectivity index (χ2n) is 4.23. The largest absolute Gasteiger partial charge is 0.493 e. The highest BCUT2D eigenvalue weighted by molar-refractivity contribution is 5.43. The van der Waals surface area contributed by atoms with Crippen LogP contribution in [-0.2, 0) is 13.7 Å². The second-order valence-corrected chi connectivity index (χ2v) is 4.23. The molecule has 0 spiro atoms. The molecule has 6 nitrogen and oxygen atoms in total. The van der Waals surface area contributed by atoms with Crippen molar-refractivity contribution < 1.29 is 14.6 Å². The number of aliphatic hydroxyl groups excluding tert-OH is 1. The number of aromatic nitrogens is 3. The first kappa shape index (κ1) is 13.4. The predicted octanol–water partition coefficient (Wildman–Crippen LogP) is 1.46. The monoisotopic (exact) mass is 263 g/mol. The molecule has 102 valence electrons. The van der Waals surface area contributed by atoms with Crippen molar-refractivity contribution in [2.45, 2.75) is 19.6 Å². The number of benzene rings is 1. The Bertz CT molecular complexity index is 552. The van der Waals surface area contributed by atoms with Crippen molar-refractivity contribution in [3.63, 3.8) is 0 Å². The summed E-state index contributed by atoms with van der Waals surface area (Å²) in [5.41, 5.74) is 0.780. The van der Waals surface area contributed by atoms with Crippen LogP contribution in [0, 0.1) is 0 Å². The van der Waals surface area contributed by atoms with E-state index in [1.165, 1.54) is 0 Å². The molecule has 0 fully saturated rings. The number of nitrogens with zero attached hydrogens (tertiary/aromatic N) is 3. The van der Waals surface area contributed by atoms with E-state index >= 15 is 0 Å². The molecule has 0 saturated heterocycles. The van der Waals surface area contributed by atoms with Crippen molar-refractivity contribution in [3.8, 4) is 11.5 Å². The Hall–Kier alpha value is -2.08. The van der Waals surface area contributed by atoms with E-state index in [2.05, 4.69) is 10.2 Å². The summed E-state index contributed by atoms with van der Waals surface area (Å²) >= 11 is 0. The van der Waals surface area contributed by atoms with Crippen LogP contribution in [0.4, 0.5) is 0 Å². The van der Waals surface area contributed by atoms with Gasteiger partial charge in [0.25, 0.3) is 0 Å². The molecule has 0 bridgehead atoms. The van der Waals surface area contributed by atoms with Gasteiger partial charge < -0.3 is 19.1 Å². The highest BCUT2D eigenvalue weighted by atomic mass is 16.5. The lowest BCUT2D eigenvalue weighted by Crippen LogP contribution is -2.04. The summed E-state index contributed by atoms with van der Waals surface area (Å²) in [7, 11) is 3.42. The van der Waals surface area contributed by atoms with Crippen LogP contribution >= 0.6 is 0 Å². The maximum Gasteiger partial charge on any atom is 0.170 e. The van der Waals surface area contributed by atoms with Crippen molar-refractivity contribution in [2.24, 2.45) is 7.05 Å². The van der Waals surface area contributed by atoms with Crippen LogP contribution in [-0.4, -0.2) is 27.0 Å². The van der Waals surface area contributed by atoms with E-state index in [9.17, 15) is 5.11 Å². The van der Waals surface area contributed by atoms with Crippen molar-refractivity contribution in [1.82, 2.24) is 14.8 Å². The van der Waals surface area contributed by atoms with Gasteiger partial charge in [-0.2, -0.15) is 0 Å². The van der Waals surface area contributed by atoms with Crippen molar-refractivity contribution in [2.75, 3.05) is 7.11 Å². The summed E-state index contributed by atoms with van der Waals surface area (Å²) in [4.78, 5) is 0. The molecule has 1 heterocycles. The predicted molar refractivity (Wildman–Crippen MR) is 69.0 cm³/mol. The molecule has 1 aromatic heterocycles. The van der Waals surface area contributed by atoms with Crippen LogP contribution in [0.25, 0.3) is 0 Å². The number of hydrogen-bond donors (Lipinski definition) is 1. The maximum absolute atomic E-state index is 9.53. The minimum atomic E-state index is -0.540. The van der Waals surface area contributed by atoms with E-state index in [0.29, 0.717) is 18.1 Å². The molecular weight excluding hydrogens is 246 g/mol. The molecule has 0 radical (unpaired) electrons. The van der Waals surface area contributed by atoms with E-state index in [1.54, 1.807) is 43.1 Å². The Morgan fingerprint density at radius 3 is 2.74 bits per heavy atom. The van der Waals surface area contributed by atoms with Gasteiger partial charge >= 0.3 is 0 Å². The van der Waals surface area contributed by atoms with E-state index in [-0.39, 0.29) is 0 Å². The molecule has 0 amide bonds. The van der Waals surface area contributed by atoms with Crippen LogP contribution in [0.2, 0.25) is 0 Å². The molecule has 0 aliphatic rings. The summed E-state index contributed by atoms with van der Waals surface area (Å²) in [5, 5.41) is 17.3. The minimum absolute atomic E-state index is 0.306. The Morgan fingerprint density at radius 1 is 1.37 bits per heavy atom. The molecule has 2 aromatic rings. The fourth-order valence-electron chi connectivity index (χ4n) is 1.64. The van der Waals surface area contributed by atoms with Crippen molar-refractivity contribution >= 4 is 0 Å². The highest BCUT2D eigenvalue weighted by Crippen LogP contribution is 2.30. The average molecular weight is 263 g/mol. The molecule has 19 heavy (non-hydrogen) atoms. The second kappa shape index (κ2) is 5.71. The minimum Gasteiger partial charge on any atom is -0.493 e. The van der Waals surface area contributed by atoms with Gasteiger partial charge in [-0.25, -0.2) is 0 Å². The fraction of sp³-hybridized carbons (Fsp3) is 0.385. The number of ether oxygens (including phenoxy) is 2. The first-order valence-electron chi connectivity index (χ1n) is 5.93. The highest BCUT2D eigenvalue weighted by Gasteiger charge is 2.10. The standard InChI is InChI=1S/C13H17N3O3/c1-9(17)10-4-5-11(12(6-10)18-3)19-7-13-15-14-8-16(13)2/h4-6,8-9,17H,7H2,1-3H3/t9-/m1/s1. The van der Waals surface area contributed by atoms with Gasteiger partial charge in [0, 0.05) is 7.05 Å². The first-order valence-corrected chi connectivity index (χ1v) is 5.93. The lowest BCUT2D eigenvalue weighted by atomic mass is 10.1. The summed E-state index contributed by atoms with van der Waals surface area (Å²) in [5.74, 6) is 1.91. The van der Waals surface area contributed by atoms with Gasteiger partial charge in [-0.05, 0) is 24.6 Å². The van der Waals surface area contributed by atoms with Crippen molar-refractivity contribution in [1.29, 1.82) is 0 Å². The molecular formula is C13H17N3O3. The normalized spacial score (nSPS) is 12.2. The SMILES string of the molecule is COc1cc([C@@H](C)O)ccc1OCc1nncn1C. The molecule has 1 N–H and O–H groups in total. The topological polar surface area (TPSA) is 69.4 Å². The molecule has 0 aliphatic carbocycles. The lowest BCUT2D eigenvalue weighted by Gasteiger charge is -2.13. The van der Waals surface area contributed by atoms with Gasteiger partial charge in [-0.1, -0.05) is 6.07 Å². The van der Waals surface area contributed by atoms with Crippen molar-refractivity contribution in [3.05, 3.63) is 35.9 Å². The third-order valence-electron chi connectivity index (χ3n) is 2.83. The van der Waals surface area contributed by atoms with Gasteiger partial charge in [0.2, 0.25) is 0 Å². The number of aryl methyl sites for hydroxylation is 1. The van der Waals surface area contributed by atoms with Gasteiger partial charge in [-0.15, -0.1) is 10.2 Å². The fourth-order valence-corrected chi connectivity index (χ4v) is 1.64. The smallest absolute Gasteiger partial charge is 0.170 e. The van der Waals surface area contributed by atoms with Crippen LogP contribution in [0.5, 0.6) is 11.5 Å². The third-order valence-corrected chi connectivity index (χ3v) is 2.83. The molecule has 6 heteroatoms. The zero-order valence-electron chi connectivity index (χ0n) is 11.2. The Kier molecular flexibility index (Phi) is 4.01. The summed E-state index contributed by atoms with van der Waals surface area (Å²) < 4.78 is 12.7. The molecule has 1 atom stereocenters. The van der Waals surface area contributed by atoms with Crippen LogP contribution < -0.4 is 9.47 Å². The molecule has 0 saturated carbocycles. The van der Waals surface area contributed by atoms with Gasteiger partial charge in [-0.3, -0.25) is 0 Å². The van der Waals surface area contributed by atoms with E-state index < -0.39 is 6.10 Å². The van der Waals surface area contributed by atoms with Gasteiger partial charge in [0.15, 0.2) is 17.3 Å². The summed E-state index contributed by atoms with van der Waals surface area (Å²) in [6, 6.07) is 5.34. The molecule has 0 unspecified atom stereocenters. The van der Waals surface area contributed by atoms with E-state index in [4.69, 9.17) is 9.47 Å². The molecule has 0 aliphatic heterocycles. The van der Waals surface area contributed by atoms with Crippen LogP contribution in [0.1, 0.15) is 24.4 Å². The zero-order chi connectivity index (χ0) is 13.8. The number of aliphatic hydroxyl groups is 1. The molecule has 1 aromatic carbocycles. The Morgan fingerprint density at radius 2 is 2.16 bits per heavy atom. The van der Waals surface area contributed by atoms with E-state index in [0.717, 1.165) is 11.4 Å². The van der Waals surface area contributed by atoms with Crippen LogP contribution in [0.3, 0.4) is 0 Å². The summed E-state index contributed by atoms with van der Waals surface area (Å²) in [6.45, 7) is 2.01. The third kappa shape index (κ3) is 3.03. The number of hydrogen-bond acceptors (Lipinski definition) is 5. The maximum atomic E-state index is 9.53. The number of rotatable bonds is 5. The van der Waals surface area contributed by atoms with Crippen LogP contribution in [0.15, 0.2) is 24.5 Å². The summed E-state index contributed by atoms with van der Waals surface area (Å²) in [6.07, 6.45) is 1.08. The van der Waals surface area contributed by atoms with Gasteiger partial charge in [0.05, 0.1) is 13.2 Å². The molecule has 2 rings (SSSR count). The Labute approximate surface area is 111 Å². The average Bonchev–Trinajstić information content (AvgIpc) is 2.81. The lowest BCUT2D eigenvalue weighted by molar-refractivity contribution is 0.198. The Balaban J connectivity index is 2.14.